The number of hydrogen-bond donors (Lipinski definition) is 0. The van der Waals surface area contributed by atoms with Crippen LogP contribution >= 0.6 is 0 Å². The van der Waals surface area contributed by atoms with Gasteiger partial charge in [0.25, 0.3) is 11.8 Å². The molecule has 1 aliphatic heterocycles. The molecule has 0 bridgehead atoms. The third kappa shape index (κ3) is 3.32. The summed E-state index contributed by atoms with van der Waals surface area (Å²) in [5, 5.41) is 0.551. The summed E-state index contributed by atoms with van der Waals surface area (Å²) in [5.74, 6) is -1.50. The second kappa shape index (κ2) is 5.45. The number of carbonyl (C=O) groups is 3. The predicted molar refractivity (Wildman–Crippen MR) is 48.3 cm³/mol. The van der Waals surface area contributed by atoms with Crippen molar-refractivity contribution in [1.82, 2.24) is 5.06 Å². The van der Waals surface area contributed by atoms with Crippen LogP contribution in [0.25, 0.3) is 0 Å². The molecule has 0 aromatic rings. The normalized spacial score (nSPS) is 15.9. The molecule has 0 N–H and O–H groups in total. The second-order valence-corrected chi connectivity index (χ2v) is 3.14. The van der Waals surface area contributed by atoms with Crippen LogP contribution in [0.3, 0.4) is 0 Å². The number of carbonyl (C=O) groups excluding carboxylic acids is 3. The van der Waals surface area contributed by atoms with Gasteiger partial charge in [-0.1, -0.05) is 0 Å². The summed E-state index contributed by atoms with van der Waals surface area (Å²) >= 11 is 0. The van der Waals surface area contributed by atoms with Gasteiger partial charge in [0.1, 0.15) is 0 Å². The third-order valence-corrected chi connectivity index (χ3v) is 1.93. The Balaban J connectivity index is 2.31. The van der Waals surface area contributed by atoms with E-state index < -0.39 is 17.8 Å². The highest BCUT2D eigenvalue weighted by Crippen LogP contribution is 2.12. The number of rotatable bonds is 5. The molecule has 0 radical (unpaired) electrons. The first kappa shape index (κ1) is 11.6. The lowest BCUT2D eigenvalue weighted by Crippen LogP contribution is -2.32. The lowest BCUT2D eigenvalue weighted by Gasteiger charge is -2.12. The van der Waals surface area contributed by atoms with E-state index in [-0.39, 0.29) is 19.3 Å². The number of amides is 2. The Morgan fingerprint density at radius 2 is 1.93 bits per heavy atom. The summed E-state index contributed by atoms with van der Waals surface area (Å²) in [5.41, 5.74) is 0. The molecule has 1 aliphatic rings. The summed E-state index contributed by atoms with van der Waals surface area (Å²) in [6.07, 6.45) is 0.866. The van der Waals surface area contributed by atoms with Gasteiger partial charge in [0, 0.05) is 26.6 Å². The molecule has 1 heterocycles. The second-order valence-electron chi connectivity index (χ2n) is 3.14. The molecule has 0 saturated carbocycles. The molecule has 1 fully saturated rings. The minimum absolute atomic E-state index is 0.115. The van der Waals surface area contributed by atoms with E-state index in [9.17, 15) is 14.4 Å². The molecular weight excluding hydrogens is 202 g/mol. The zero-order chi connectivity index (χ0) is 11.3. The van der Waals surface area contributed by atoms with E-state index in [1.807, 2.05) is 0 Å². The summed E-state index contributed by atoms with van der Waals surface area (Å²) in [6, 6.07) is 0. The maximum Gasteiger partial charge on any atom is 0.333 e. The first-order chi connectivity index (χ1) is 7.15. The van der Waals surface area contributed by atoms with E-state index in [4.69, 9.17) is 4.74 Å². The van der Waals surface area contributed by atoms with Crippen LogP contribution in [0.1, 0.15) is 25.7 Å². The monoisotopic (exact) mass is 215 g/mol. The Bertz CT molecular complexity index is 260. The standard InChI is InChI=1S/C9H13NO5/c1-14-6-2-3-9(13)15-10-7(11)4-5-8(10)12/h2-6H2,1H3. The van der Waals surface area contributed by atoms with Gasteiger partial charge in [-0.05, 0) is 6.42 Å². The number of hydroxylamine groups is 2. The van der Waals surface area contributed by atoms with Crippen LogP contribution in [-0.2, 0) is 24.0 Å². The first-order valence-corrected chi connectivity index (χ1v) is 4.70. The minimum atomic E-state index is -0.587. The Kier molecular flexibility index (Phi) is 4.23. The van der Waals surface area contributed by atoms with Crippen molar-refractivity contribution in [3.63, 3.8) is 0 Å². The van der Waals surface area contributed by atoms with E-state index in [1.54, 1.807) is 0 Å². The fraction of sp³-hybridized carbons (Fsp3) is 0.667. The molecule has 0 aliphatic carbocycles. The van der Waals surface area contributed by atoms with Crippen LogP contribution in [0.4, 0.5) is 0 Å². The first-order valence-electron chi connectivity index (χ1n) is 4.70. The van der Waals surface area contributed by atoms with Gasteiger partial charge in [0.05, 0.1) is 6.42 Å². The number of imide groups is 1. The van der Waals surface area contributed by atoms with Crippen molar-refractivity contribution in [2.75, 3.05) is 13.7 Å². The van der Waals surface area contributed by atoms with Gasteiger partial charge in [-0.2, -0.15) is 0 Å². The fourth-order valence-electron chi connectivity index (χ4n) is 1.17. The maximum atomic E-state index is 11.1. The molecule has 6 heteroatoms. The Morgan fingerprint density at radius 1 is 1.33 bits per heavy atom. The van der Waals surface area contributed by atoms with Crippen molar-refractivity contribution in [2.24, 2.45) is 0 Å². The molecule has 0 spiro atoms. The quantitative estimate of drug-likeness (QED) is 0.477. The van der Waals surface area contributed by atoms with E-state index in [0.717, 1.165) is 0 Å². The molecule has 0 atom stereocenters. The smallest absolute Gasteiger partial charge is 0.333 e. The van der Waals surface area contributed by atoms with Gasteiger partial charge >= 0.3 is 5.97 Å². The van der Waals surface area contributed by atoms with Gasteiger partial charge in [-0.15, -0.1) is 5.06 Å². The topological polar surface area (TPSA) is 72.9 Å². The number of nitrogens with zero attached hydrogens (tertiary/aromatic N) is 1. The minimum Gasteiger partial charge on any atom is -0.385 e. The van der Waals surface area contributed by atoms with Crippen LogP contribution in [-0.4, -0.2) is 36.6 Å². The molecule has 15 heavy (non-hydrogen) atoms. The zero-order valence-electron chi connectivity index (χ0n) is 8.52. The summed E-state index contributed by atoms with van der Waals surface area (Å²) in [7, 11) is 1.53. The molecule has 0 aromatic carbocycles. The average molecular weight is 215 g/mol. The van der Waals surface area contributed by atoms with Crippen LogP contribution in [0, 0.1) is 0 Å². The highest BCUT2D eigenvalue weighted by molar-refractivity contribution is 6.01. The van der Waals surface area contributed by atoms with Crippen molar-refractivity contribution in [1.29, 1.82) is 0 Å². The summed E-state index contributed by atoms with van der Waals surface area (Å²) in [4.78, 5) is 37.9. The van der Waals surface area contributed by atoms with E-state index >= 15 is 0 Å². The lowest BCUT2D eigenvalue weighted by molar-refractivity contribution is -0.197. The summed E-state index contributed by atoms with van der Waals surface area (Å²) in [6.45, 7) is 0.441. The van der Waals surface area contributed by atoms with Gasteiger partial charge < -0.3 is 9.57 Å². The maximum absolute atomic E-state index is 11.1. The number of ether oxygens (including phenoxy) is 1. The predicted octanol–water partition coefficient (Wildman–Crippen LogP) is 0.0202. The molecule has 1 rings (SSSR count). The van der Waals surface area contributed by atoms with Gasteiger partial charge in [0.15, 0.2) is 0 Å². The molecule has 0 unspecified atom stereocenters. The highest BCUT2D eigenvalue weighted by atomic mass is 16.7. The van der Waals surface area contributed by atoms with E-state index in [0.29, 0.717) is 18.1 Å². The highest BCUT2D eigenvalue weighted by Gasteiger charge is 2.32. The average Bonchev–Trinajstić information content (AvgIpc) is 2.50. The number of methoxy groups -OCH3 is 1. The van der Waals surface area contributed by atoms with Crippen LogP contribution in [0.2, 0.25) is 0 Å². The van der Waals surface area contributed by atoms with Gasteiger partial charge in [-0.25, -0.2) is 4.79 Å². The van der Waals surface area contributed by atoms with Crippen LogP contribution < -0.4 is 0 Å². The Hall–Kier alpha value is -1.43. The van der Waals surface area contributed by atoms with Crippen LogP contribution in [0.15, 0.2) is 0 Å². The van der Waals surface area contributed by atoms with Crippen molar-refractivity contribution in [2.45, 2.75) is 25.7 Å². The Morgan fingerprint density at radius 3 is 2.47 bits per heavy atom. The molecule has 6 nitrogen and oxygen atoms in total. The molecule has 0 aromatic heterocycles. The van der Waals surface area contributed by atoms with Crippen molar-refractivity contribution < 1.29 is 24.0 Å². The molecule has 1 saturated heterocycles. The van der Waals surface area contributed by atoms with Crippen molar-refractivity contribution in [3.8, 4) is 0 Å². The van der Waals surface area contributed by atoms with Crippen molar-refractivity contribution in [3.05, 3.63) is 0 Å². The zero-order valence-corrected chi connectivity index (χ0v) is 8.52. The van der Waals surface area contributed by atoms with Gasteiger partial charge in [0.2, 0.25) is 0 Å². The van der Waals surface area contributed by atoms with Gasteiger partial charge in [-0.3, -0.25) is 9.59 Å². The molecular formula is C9H13NO5. The lowest BCUT2D eigenvalue weighted by atomic mass is 10.3. The van der Waals surface area contributed by atoms with Crippen LogP contribution in [0.5, 0.6) is 0 Å². The summed E-state index contributed by atoms with van der Waals surface area (Å²) < 4.78 is 4.75. The largest absolute Gasteiger partial charge is 0.385 e. The fourth-order valence-corrected chi connectivity index (χ4v) is 1.17. The molecule has 2 amide bonds. The Labute approximate surface area is 87.1 Å². The SMILES string of the molecule is COCCCC(=O)ON1C(=O)CCC1=O. The molecule has 84 valence electrons. The number of hydrogen-bond acceptors (Lipinski definition) is 5. The van der Waals surface area contributed by atoms with Crippen molar-refractivity contribution >= 4 is 17.8 Å². The van der Waals surface area contributed by atoms with E-state index in [2.05, 4.69) is 4.84 Å². The van der Waals surface area contributed by atoms with E-state index in [1.165, 1.54) is 7.11 Å². The third-order valence-electron chi connectivity index (χ3n) is 1.93.